The summed E-state index contributed by atoms with van der Waals surface area (Å²) in [6.07, 6.45) is 2.19. The molecule has 0 amide bonds. The number of nitrogens with one attached hydrogen (secondary N) is 1. The van der Waals surface area contributed by atoms with Crippen LogP contribution in [-0.2, 0) is 0 Å². The summed E-state index contributed by atoms with van der Waals surface area (Å²) in [6, 6.07) is -0.341. The van der Waals surface area contributed by atoms with Crippen molar-refractivity contribution in [3.8, 4) is 5.88 Å². The second kappa shape index (κ2) is 3.55. The van der Waals surface area contributed by atoms with Gasteiger partial charge < -0.3 is 10.8 Å². The number of nitrogens with two attached hydrogens (primary N) is 1. The van der Waals surface area contributed by atoms with Gasteiger partial charge in [-0.05, 0) is 6.42 Å². The summed E-state index contributed by atoms with van der Waals surface area (Å²) < 4.78 is 0. The number of rotatable bonds is 3. The van der Waals surface area contributed by atoms with Gasteiger partial charge >= 0.3 is 4.87 Å². The average molecular weight is 186 g/mol. The summed E-state index contributed by atoms with van der Waals surface area (Å²) in [5, 5.41) is 9.17. The molecular weight excluding hydrogens is 176 g/mol. The number of aromatic hydroxyl groups is 1. The minimum absolute atomic E-state index is 0.126. The molecule has 4 N–H and O–H groups in total. The van der Waals surface area contributed by atoms with Crippen LogP contribution in [0, 0.1) is 0 Å². The van der Waals surface area contributed by atoms with Gasteiger partial charge in [0.05, 0.1) is 4.88 Å². The van der Waals surface area contributed by atoms with Gasteiger partial charge in [-0.25, -0.2) is 0 Å². The van der Waals surface area contributed by atoms with Crippen molar-refractivity contribution in [1.82, 2.24) is 4.98 Å². The number of aromatic amines is 1. The molecule has 0 saturated carbocycles. The van der Waals surface area contributed by atoms with Gasteiger partial charge in [-0.15, -0.1) is 6.58 Å². The van der Waals surface area contributed by atoms with Crippen LogP contribution in [0.5, 0.6) is 5.88 Å². The molecule has 0 radical (unpaired) electrons. The van der Waals surface area contributed by atoms with Gasteiger partial charge in [-0.1, -0.05) is 17.4 Å². The summed E-state index contributed by atoms with van der Waals surface area (Å²) in [7, 11) is 0. The number of hydrogen-bond acceptors (Lipinski definition) is 4. The molecule has 0 fully saturated rings. The number of H-pyrrole nitrogens is 1. The molecule has 1 rings (SSSR count). The molecule has 1 heterocycles. The van der Waals surface area contributed by atoms with Gasteiger partial charge in [0.2, 0.25) is 5.88 Å². The van der Waals surface area contributed by atoms with Gasteiger partial charge in [0.25, 0.3) is 0 Å². The predicted octanol–water partition coefficient (Wildman–Crippen LogP) is 0.718. The van der Waals surface area contributed by atoms with Crippen molar-refractivity contribution in [3.05, 3.63) is 27.2 Å². The van der Waals surface area contributed by atoms with Crippen molar-refractivity contribution >= 4 is 11.3 Å². The zero-order valence-electron chi connectivity index (χ0n) is 6.41. The van der Waals surface area contributed by atoms with E-state index in [1.807, 2.05) is 0 Å². The van der Waals surface area contributed by atoms with Gasteiger partial charge in [0, 0.05) is 6.04 Å². The largest absolute Gasteiger partial charge is 0.494 e. The smallest absolute Gasteiger partial charge is 0.307 e. The molecule has 0 aliphatic carbocycles. The van der Waals surface area contributed by atoms with E-state index < -0.39 is 0 Å². The molecule has 0 aliphatic rings. The van der Waals surface area contributed by atoms with E-state index in [0.29, 0.717) is 11.3 Å². The lowest BCUT2D eigenvalue weighted by atomic mass is 10.2. The minimum Gasteiger partial charge on any atom is -0.494 e. The third-order valence-corrected chi connectivity index (χ3v) is 2.42. The molecular formula is C7H10N2O2S. The van der Waals surface area contributed by atoms with Crippen LogP contribution in [0.4, 0.5) is 0 Å². The third-order valence-electron chi connectivity index (χ3n) is 1.41. The van der Waals surface area contributed by atoms with E-state index in [0.717, 1.165) is 11.3 Å². The first-order valence-corrected chi connectivity index (χ1v) is 4.25. The Morgan fingerprint density at radius 2 is 2.50 bits per heavy atom. The Bertz CT molecular complexity index is 328. The molecule has 0 saturated heterocycles. The summed E-state index contributed by atoms with van der Waals surface area (Å²) in [5.41, 5.74) is 5.64. The van der Waals surface area contributed by atoms with E-state index >= 15 is 0 Å². The second-order valence-electron chi connectivity index (χ2n) is 2.36. The van der Waals surface area contributed by atoms with Crippen LogP contribution in [0.15, 0.2) is 17.4 Å². The topological polar surface area (TPSA) is 79.1 Å². The Morgan fingerprint density at radius 1 is 1.83 bits per heavy atom. The van der Waals surface area contributed by atoms with Crippen molar-refractivity contribution in [2.45, 2.75) is 12.5 Å². The number of hydrogen-bond donors (Lipinski definition) is 3. The first kappa shape index (κ1) is 9.02. The van der Waals surface area contributed by atoms with E-state index in [-0.39, 0.29) is 16.8 Å². The van der Waals surface area contributed by atoms with Crippen molar-refractivity contribution in [1.29, 1.82) is 0 Å². The second-order valence-corrected chi connectivity index (χ2v) is 3.37. The molecule has 5 heteroatoms. The molecule has 0 bridgehead atoms. The first-order chi connectivity index (χ1) is 5.65. The van der Waals surface area contributed by atoms with E-state index in [2.05, 4.69) is 11.6 Å². The Labute approximate surface area is 73.4 Å². The van der Waals surface area contributed by atoms with Crippen LogP contribution in [0.3, 0.4) is 0 Å². The Hall–Kier alpha value is -1.07. The molecule has 12 heavy (non-hydrogen) atoms. The van der Waals surface area contributed by atoms with Crippen LogP contribution in [0.2, 0.25) is 0 Å². The van der Waals surface area contributed by atoms with Crippen LogP contribution < -0.4 is 10.6 Å². The first-order valence-electron chi connectivity index (χ1n) is 3.43. The number of aromatic nitrogens is 1. The summed E-state index contributed by atoms with van der Waals surface area (Å²) in [6.45, 7) is 3.52. The Morgan fingerprint density at radius 3 is 2.92 bits per heavy atom. The highest BCUT2D eigenvalue weighted by molar-refractivity contribution is 7.09. The maximum absolute atomic E-state index is 10.7. The van der Waals surface area contributed by atoms with Crippen LogP contribution in [0.25, 0.3) is 0 Å². The van der Waals surface area contributed by atoms with Gasteiger partial charge in [-0.3, -0.25) is 9.78 Å². The zero-order chi connectivity index (χ0) is 9.14. The highest BCUT2D eigenvalue weighted by Gasteiger charge is 2.13. The quantitative estimate of drug-likeness (QED) is 0.608. The SMILES string of the molecule is C=CCC(N)c1sc(=O)[nH]c1O. The van der Waals surface area contributed by atoms with Gasteiger partial charge in [-0.2, -0.15) is 0 Å². The minimum atomic E-state index is -0.341. The fraction of sp³-hybridized carbons (Fsp3) is 0.286. The van der Waals surface area contributed by atoms with Crippen molar-refractivity contribution in [2.24, 2.45) is 5.73 Å². The summed E-state index contributed by atoms with van der Waals surface area (Å²) in [5.74, 6) is -0.126. The third kappa shape index (κ3) is 1.75. The highest BCUT2D eigenvalue weighted by Crippen LogP contribution is 2.24. The molecule has 1 atom stereocenters. The van der Waals surface area contributed by atoms with E-state index in [4.69, 9.17) is 10.8 Å². The summed E-state index contributed by atoms with van der Waals surface area (Å²) >= 11 is 0.929. The van der Waals surface area contributed by atoms with Crippen LogP contribution >= 0.6 is 11.3 Å². The average Bonchev–Trinajstić information content (AvgIpc) is 2.30. The molecule has 0 spiro atoms. The van der Waals surface area contributed by atoms with Crippen molar-refractivity contribution in [3.63, 3.8) is 0 Å². The van der Waals surface area contributed by atoms with Crippen LogP contribution in [0.1, 0.15) is 17.3 Å². The van der Waals surface area contributed by atoms with Gasteiger partial charge in [0.15, 0.2) is 0 Å². The fourth-order valence-electron chi connectivity index (χ4n) is 0.870. The molecule has 0 aliphatic heterocycles. The van der Waals surface area contributed by atoms with E-state index in [9.17, 15) is 4.79 Å². The molecule has 1 aromatic rings. The lowest BCUT2D eigenvalue weighted by Gasteiger charge is -2.04. The lowest BCUT2D eigenvalue weighted by molar-refractivity contribution is 0.445. The zero-order valence-corrected chi connectivity index (χ0v) is 7.23. The summed E-state index contributed by atoms with van der Waals surface area (Å²) in [4.78, 5) is 13.2. The highest BCUT2D eigenvalue weighted by atomic mass is 32.1. The molecule has 4 nitrogen and oxygen atoms in total. The molecule has 1 unspecified atom stereocenters. The number of thiazole rings is 1. The monoisotopic (exact) mass is 186 g/mol. The Kier molecular flexibility index (Phi) is 2.67. The standard InChI is InChI=1S/C7H10N2O2S/c1-2-3-4(8)5-6(10)9-7(11)12-5/h2,4,10H,1,3,8H2,(H,9,11). The maximum atomic E-state index is 10.7. The molecule has 0 aromatic carbocycles. The van der Waals surface area contributed by atoms with Crippen molar-refractivity contribution in [2.75, 3.05) is 0 Å². The van der Waals surface area contributed by atoms with Crippen molar-refractivity contribution < 1.29 is 5.11 Å². The maximum Gasteiger partial charge on any atom is 0.307 e. The molecule has 1 aromatic heterocycles. The van der Waals surface area contributed by atoms with Gasteiger partial charge in [0.1, 0.15) is 0 Å². The normalized spacial score (nSPS) is 12.8. The predicted molar refractivity (Wildman–Crippen MR) is 48.3 cm³/mol. The van der Waals surface area contributed by atoms with E-state index in [1.165, 1.54) is 0 Å². The fourth-order valence-corrected chi connectivity index (χ4v) is 1.61. The van der Waals surface area contributed by atoms with E-state index in [1.54, 1.807) is 6.08 Å². The van der Waals surface area contributed by atoms with Crippen LogP contribution in [-0.4, -0.2) is 10.1 Å². The molecule has 66 valence electrons. The lowest BCUT2D eigenvalue weighted by Crippen LogP contribution is -2.07. The Balaban J connectivity index is 2.93.